The summed E-state index contributed by atoms with van der Waals surface area (Å²) >= 11 is 0. The van der Waals surface area contributed by atoms with Crippen molar-refractivity contribution in [3.05, 3.63) is 54.1 Å². The van der Waals surface area contributed by atoms with Gasteiger partial charge in [-0.3, -0.25) is 9.59 Å². The van der Waals surface area contributed by atoms with E-state index < -0.39 is 5.97 Å². The van der Waals surface area contributed by atoms with Crippen LogP contribution in [0.3, 0.4) is 0 Å². The van der Waals surface area contributed by atoms with Gasteiger partial charge in [-0.1, -0.05) is 19.1 Å². The zero-order chi connectivity index (χ0) is 20.6. The Bertz CT molecular complexity index is 827. The Morgan fingerprint density at radius 1 is 1.10 bits per heavy atom. The number of carbonyl (C=O) groups is 2. The predicted molar refractivity (Wildman–Crippen MR) is 113 cm³/mol. The van der Waals surface area contributed by atoms with Crippen molar-refractivity contribution in [1.29, 1.82) is 0 Å². The lowest BCUT2D eigenvalue weighted by Crippen LogP contribution is -2.32. The standard InChI is InChI=1S/C23H28N2O4/c1-17-10-12-25(13-11-17)20-8-6-19(7-9-20)24-22(26)16-29-23(27)15-18-4-3-5-21(14-18)28-2/h3-9,14,17H,10-13,15-16H2,1-2H3,(H,24,26). The highest BCUT2D eigenvalue weighted by Crippen LogP contribution is 2.24. The van der Waals surface area contributed by atoms with Gasteiger partial charge in [0.25, 0.3) is 5.91 Å². The molecule has 1 saturated heterocycles. The van der Waals surface area contributed by atoms with Crippen LogP contribution < -0.4 is 15.0 Å². The Morgan fingerprint density at radius 3 is 2.52 bits per heavy atom. The first-order valence-electron chi connectivity index (χ1n) is 9.97. The molecule has 1 heterocycles. The Hall–Kier alpha value is -3.02. The van der Waals surface area contributed by atoms with Crippen molar-refractivity contribution in [3.63, 3.8) is 0 Å². The van der Waals surface area contributed by atoms with Crippen molar-refractivity contribution in [3.8, 4) is 5.75 Å². The molecule has 0 unspecified atom stereocenters. The van der Waals surface area contributed by atoms with E-state index in [9.17, 15) is 9.59 Å². The van der Waals surface area contributed by atoms with Crippen LogP contribution in [0.25, 0.3) is 0 Å². The molecule has 0 aliphatic carbocycles. The smallest absolute Gasteiger partial charge is 0.310 e. The molecule has 3 rings (SSSR count). The minimum Gasteiger partial charge on any atom is -0.497 e. The van der Waals surface area contributed by atoms with Gasteiger partial charge in [0.15, 0.2) is 6.61 Å². The molecule has 6 nitrogen and oxygen atoms in total. The lowest BCUT2D eigenvalue weighted by molar-refractivity contribution is -0.146. The van der Waals surface area contributed by atoms with Crippen LogP contribution in [0.1, 0.15) is 25.3 Å². The van der Waals surface area contributed by atoms with Crippen molar-refractivity contribution in [1.82, 2.24) is 0 Å². The summed E-state index contributed by atoms with van der Waals surface area (Å²) in [6.07, 6.45) is 2.51. The molecule has 2 aromatic rings. The van der Waals surface area contributed by atoms with E-state index in [4.69, 9.17) is 9.47 Å². The third-order valence-electron chi connectivity index (χ3n) is 5.15. The summed E-state index contributed by atoms with van der Waals surface area (Å²) in [6.45, 7) is 4.11. The SMILES string of the molecule is COc1cccc(CC(=O)OCC(=O)Nc2ccc(N3CCC(C)CC3)cc2)c1. The molecule has 1 fully saturated rings. The largest absolute Gasteiger partial charge is 0.497 e. The van der Waals surface area contributed by atoms with Gasteiger partial charge in [0.1, 0.15) is 5.75 Å². The van der Waals surface area contributed by atoms with E-state index in [1.165, 1.54) is 18.5 Å². The molecule has 0 bridgehead atoms. The van der Waals surface area contributed by atoms with Crippen LogP contribution in [0.5, 0.6) is 5.75 Å². The molecule has 0 radical (unpaired) electrons. The normalized spacial score (nSPS) is 14.3. The van der Waals surface area contributed by atoms with E-state index in [0.717, 1.165) is 24.6 Å². The molecule has 0 atom stereocenters. The fourth-order valence-electron chi connectivity index (χ4n) is 3.37. The highest BCUT2D eigenvalue weighted by atomic mass is 16.5. The van der Waals surface area contributed by atoms with E-state index in [2.05, 4.69) is 17.1 Å². The van der Waals surface area contributed by atoms with Crippen LogP contribution in [-0.2, 0) is 20.7 Å². The van der Waals surface area contributed by atoms with E-state index in [0.29, 0.717) is 11.4 Å². The lowest BCUT2D eigenvalue weighted by Gasteiger charge is -2.32. The summed E-state index contributed by atoms with van der Waals surface area (Å²) in [5.74, 6) is 0.651. The van der Waals surface area contributed by atoms with Crippen molar-refractivity contribution < 1.29 is 19.1 Å². The van der Waals surface area contributed by atoms with E-state index >= 15 is 0 Å². The summed E-state index contributed by atoms with van der Waals surface area (Å²) in [4.78, 5) is 26.4. The number of amides is 1. The van der Waals surface area contributed by atoms with Gasteiger partial charge in [0.2, 0.25) is 0 Å². The van der Waals surface area contributed by atoms with Gasteiger partial charge < -0.3 is 19.7 Å². The number of methoxy groups -OCH3 is 1. The number of piperidine rings is 1. The molecule has 1 aliphatic rings. The third kappa shape index (κ3) is 6.24. The third-order valence-corrected chi connectivity index (χ3v) is 5.15. The fraction of sp³-hybridized carbons (Fsp3) is 0.391. The quantitative estimate of drug-likeness (QED) is 0.724. The maximum atomic E-state index is 12.1. The van der Waals surface area contributed by atoms with Gasteiger partial charge in [-0.15, -0.1) is 0 Å². The topological polar surface area (TPSA) is 67.9 Å². The first kappa shape index (κ1) is 20.7. The van der Waals surface area contributed by atoms with Gasteiger partial charge in [-0.25, -0.2) is 0 Å². The van der Waals surface area contributed by atoms with Gasteiger partial charge in [-0.2, -0.15) is 0 Å². The van der Waals surface area contributed by atoms with Gasteiger partial charge in [0.05, 0.1) is 13.5 Å². The second kappa shape index (κ2) is 9.96. The zero-order valence-corrected chi connectivity index (χ0v) is 17.0. The summed E-state index contributed by atoms with van der Waals surface area (Å²) in [7, 11) is 1.57. The average Bonchev–Trinajstić information content (AvgIpc) is 2.74. The number of carbonyl (C=O) groups excluding carboxylic acids is 2. The Balaban J connectivity index is 1.43. The number of ether oxygens (including phenoxy) is 2. The monoisotopic (exact) mass is 396 g/mol. The molecule has 2 aromatic carbocycles. The number of hydrogen-bond acceptors (Lipinski definition) is 5. The first-order chi connectivity index (χ1) is 14.0. The number of hydrogen-bond donors (Lipinski definition) is 1. The van der Waals surface area contributed by atoms with Crippen molar-refractivity contribution in [2.24, 2.45) is 5.92 Å². The molecule has 0 saturated carbocycles. The molecule has 0 aromatic heterocycles. The van der Waals surface area contributed by atoms with Crippen LogP contribution in [0, 0.1) is 5.92 Å². The summed E-state index contributed by atoms with van der Waals surface area (Å²) in [5.41, 5.74) is 2.63. The number of nitrogens with zero attached hydrogens (tertiary/aromatic N) is 1. The van der Waals surface area contributed by atoms with Crippen LogP contribution in [0.15, 0.2) is 48.5 Å². The summed E-state index contributed by atoms with van der Waals surface area (Å²) in [6, 6.07) is 15.0. The lowest BCUT2D eigenvalue weighted by atomic mass is 9.99. The number of esters is 1. The fourth-order valence-corrected chi connectivity index (χ4v) is 3.37. The molecule has 1 aliphatic heterocycles. The number of anilines is 2. The van der Waals surface area contributed by atoms with E-state index in [-0.39, 0.29) is 18.9 Å². The first-order valence-corrected chi connectivity index (χ1v) is 9.97. The van der Waals surface area contributed by atoms with Crippen LogP contribution >= 0.6 is 0 Å². The second-order valence-electron chi connectivity index (χ2n) is 7.45. The molecular weight excluding hydrogens is 368 g/mol. The Morgan fingerprint density at radius 2 is 1.83 bits per heavy atom. The molecule has 1 amide bonds. The van der Waals surface area contributed by atoms with Crippen molar-refractivity contribution in [2.75, 3.05) is 37.0 Å². The highest BCUT2D eigenvalue weighted by Gasteiger charge is 2.16. The minimum atomic E-state index is -0.455. The molecule has 1 N–H and O–H groups in total. The maximum Gasteiger partial charge on any atom is 0.310 e. The maximum absolute atomic E-state index is 12.1. The minimum absolute atomic E-state index is 0.0909. The van der Waals surface area contributed by atoms with Crippen LogP contribution in [-0.4, -0.2) is 38.7 Å². The molecule has 6 heteroatoms. The molecule has 154 valence electrons. The van der Waals surface area contributed by atoms with Crippen molar-refractivity contribution in [2.45, 2.75) is 26.2 Å². The van der Waals surface area contributed by atoms with Gasteiger partial charge in [-0.05, 0) is 60.7 Å². The van der Waals surface area contributed by atoms with E-state index in [1.807, 2.05) is 36.4 Å². The van der Waals surface area contributed by atoms with Crippen LogP contribution in [0.4, 0.5) is 11.4 Å². The highest BCUT2D eigenvalue weighted by molar-refractivity contribution is 5.93. The number of rotatable bonds is 7. The van der Waals surface area contributed by atoms with E-state index in [1.54, 1.807) is 19.2 Å². The second-order valence-corrected chi connectivity index (χ2v) is 7.45. The number of benzene rings is 2. The molecular formula is C23H28N2O4. The van der Waals surface area contributed by atoms with Gasteiger partial charge in [0, 0.05) is 24.5 Å². The predicted octanol–water partition coefficient (Wildman–Crippen LogP) is 3.66. The summed E-state index contributed by atoms with van der Waals surface area (Å²) < 4.78 is 10.2. The Labute approximate surface area is 171 Å². The summed E-state index contributed by atoms with van der Waals surface area (Å²) in [5, 5.41) is 2.76. The molecule has 29 heavy (non-hydrogen) atoms. The van der Waals surface area contributed by atoms with Crippen molar-refractivity contribution >= 4 is 23.3 Å². The van der Waals surface area contributed by atoms with Crippen LogP contribution in [0.2, 0.25) is 0 Å². The average molecular weight is 396 g/mol. The zero-order valence-electron chi connectivity index (χ0n) is 17.0. The number of nitrogens with one attached hydrogen (secondary N) is 1. The molecule has 0 spiro atoms. The van der Waals surface area contributed by atoms with Gasteiger partial charge >= 0.3 is 5.97 Å². The Kier molecular flexibility index (Phi) is 7.11.